The third-order valence-corrected chi connectivity index (χ3v) is 11.8. The fourth-order valence-electron chi connectivity index (χ4n) is 8.13. The number of fused-ring (bicyclic) bond motifs is 11. The van der Waals surface area contributed by atoms with Gasteiger partial charge in [0.15, 0.2) is 5.58 Å². The highest BCUT2D eigenvalue weighted by Crippen LogP contribution is 2.45. The molecule has 4 aromatic heterocycles. The molecule has 0 saturated carbocycles. The molecule has 12 aromatic rings. The summed E-state index contributed by atoms with van der Waals surface area (Å²) in [7, 11) is 0. The van der Waals surface area contributed by atoms with Crippen LogP contribution in [0.15, 0.2) is 183 Å². The number of oxazole rings is 1. The second-order valence-electron chi connectivity index (χ2n) is 13.9. The second-order valence-corrected chi connectivity index (χ2v) is 15.0. The lowest BCUT2D eigenvalue weighted by atomic mass is 10.0. The Kier molecular flexibility index (Phi) is 6.44. The number of hydrogen-bond acceptors (Lipinski definition) is 6. The molecule has 0 aliphatic carbocycles. The van der Waals surface area contributed by atoms with Crippen molar-refractivity contribution in [1.29, 1.82) is 0 Å². The van der Waals surface area contributed by atoms with E-state index in [1.807, 2.05) is 72.0 Å². The summed E-state index contributed by atoms with van der Waals surface area (Å²) in [6.07, 6.45) is 0. The van der Waals surface area contributed by atoms with Gasteiger partial charge in [0.25, 0.3) is 0 Å². The topological polar surface area (TPSA) is 55.6 Å². The van der Waals surface area contributed by atoms with Gasteiger partial charge in [-0.3, -0.25) is 0 Å². The number of furan rings is 2. The Balaban J connectivity index is 1.04. The molecule has 0 atom stereocenters. The van der Waals surface area contributed by atoms with E-state index in [1.54, 1.807) is 0 Å². The quantitative estimate of drug-likeness (QED) is 0.177. The number of thiophene rings is 1. The summed E-state index contributed by atoms with van der Waals surface area (Å²) in [5.74, 6) is 0.586. The van der Waals surface area contributed by atoms with Crippen LogP contribution < -0.4 is 4.90 Å². The zero-order chi connectivity index (χ0) is 36.0. The first kappa shape index (κ1) is 30.3. The SMILES string of the molecule is c1ccc(-c2nc3cc(-c4ccc(N(c5ccc6c(c5)sc5ccccc56)c5ccc6oc7ccccc7c6c5)cc4)c4oc5ccccc5c4c3o2)cc1. The minimum atomic E-state index is 0.586. The Morgan fingerprint density at radius 1 is 0.418 bits per heavy atom. The molecule has 0 amide bonds. The molecule has 0 unspecified atom stereocenters. The zero-order valence-corrected chi connectivity index (χ0v) is 30.0. The van der Waals surface area contributed by atoms with Gasteiger partial charge in [-0.05, 0) is 84.4 Å². The number of anilines is 3. The van der Waals surface area contributed by atoms with Crippen LogP contribution in [0, 0.1) is 0 Å². The smallest absolute Gasteiger partial charge is 0.227 e. The van der Waals surface area contributed by atoms with Crippen LogP contribution in [0.4, 0.5) is 17.1 Å². The molecule has 0 aliphatic heterocycles. The minimum absolute atomic E-state index is 0.586. The molecule has 0 radical (unpaired) electrons. The molecular weight excluding hydrogens is 697 g/mol. The normalized spacial score (nSPS) is 12.0. The monoisotopic (exact) mass is 724 g/mol. The molecule has 0 N–H and O–H groups in total. The van der Waals surface area contributed by atoms with Gasteiger partial charge in [-0.25, -0.2) is 4.98 Å². The van der Waals surface area contributed by atoms with Crippen LogP contribution in [0.2, 0.25) is 0 Å². The number of benzene rings is 8. The summed E-state index contributed by atoms with van der Waals surface area (Å²) in [6.45, 7) is 0. The predicted octanol–water partition coefficient (Wildman–Crippen LogP) is 14.8. The Bertz CT molecular complexity index is 3440. The Labute approximate surface area is 317 Å². The van der Waals surface area contributed by atoms with Crippen LogP contribution in [-0.4, -0.2) is 4.98 Å². The first-order chi connectivity index (χ1) is 27.2. The van der Waals surface area contributed by atoms with Gasteiger partial charge in [0.2, 0.25) is 5.89 Å². The van der Waals surface area contributed by atoms with Gasteiger partial charge in [-0.2, -0.15) is 0 Å². The van der Waals surface area contributed by atoms with Gasteiger partial charge in [0.05, 0.1) is 5.39 Å². The van der Waals surface area contributed by atoms with Crippen molar-refractivity contribution in [2.75, 3.05) is 4.90 Å². The highest BCUT2D eigenvalue weighted by Gasteiger charge is 2.22. The number of rotatable bonds is 5. The van der Waals surface area contributed by atoms with E-state index in [9.17, 15) is 0 Å². The fourth-order valence-corrected chi connectivity index (χ4v) is 9.27. The average molecular weight is 725 g/mol. The van der Waals surface area contributed by atoms with Crippen LogP contribution in [0.1, 0.15) is 0 Å². The van der Waals surface area contributed by atoms with E-state index in [2.05, 4.69) is 114 Å². The summed E-state index contributed by atoms with van der Waals surface area (Å²) >= 11 is 1.83. The van der Waals surface area contributed by atoms with Crippen LogP contribution >= 0.6 is 11.3 Å². The lowest BCUT2D eigenvalue weighted by Crippen LogP contribution is -2.09. The Morgan fingerprint density at radius 3 is 1.93 bits per heavy atom. The molecule has 5 nitrogen and oxygen atoms in total. The van der Waals surface area contributed by atoms with Gasteiger partial charge in [-0.15, -0.1) is 11.3 Å². The lowest BCUT2D eigenvalue weighted by Gasteiger charge is -2.26. The minimum Gasteiger partial charge on any atom is -0.456 e. The highest BCUT2D eigenvalue weighted by molar-refractivity contribution is 7.25. The van der Waals surface area contributed by atoms with Gasteiger partial charge >= 0.3 is 0 Å². The first-order valence-electron chi connectivity index (χ1n) is 18.3. The van der Waals surface area contributed by atoms with Crippen LogP contribution in [-0.2, 0) is 0 Å². The van der Waals surface area contributed by atoms with Crippen LogP contribution in [0.25, 0.3) is 97.7 Å². The molecule has 258 valence electrons. The van der Waals surface area contributed by atoms with Crippen molar-refractivity contribution in [2.45, 2.75) is 0 Å². The summed E-state index contributed by atoms with van der Waals surface area (Å²) in [6, 6.07) is 59.1. The molecule has 0 spiro atoms. The molecule has 0 saturated heterocycles. The molecule has 0 fully saturated rings. The number of para-hydroxylation sites is 2. The highest BCUT2D eigenvalue weighted by atomic mass is 32.1. The fraction of sp³-hybridized carbons (Fsp3) is 0. The molecule has 0 bridgehead atoms. The van der Waals surface area contributed by atoms with E-state index in [-0.39, 0.29) is 0 Å². The van der Waals surface area contributed by atoms with E-state index < -0.39 is 0 Å². The van der Waals surface area contributed by atoms with Gasteiger partial charge in [0, 0.05) is 64.5 Å². The standard InChI is InChI=1S/C49H28N2O3S/c1-2-10-30(11-3-1)49-50-40-28-38(47-46(48(40)54-49)37-14-5-8-16-42(37)53-47)29-18-20-31(21-19-29)51(32-23-25-43-39(26-32)34-12-4-7-15-41(34)52-43)33-22-24-36-35-13-6-9-17-44(35)55-45(36)27-33/h1-28H. The zero-order valence-electron chi connectivity index (χ0n) is 29.2. The van der Waals surface area contributed by atoms with Crippen LogP contribution in [0.5, 0.6) is 0 Å². The molecular formula is C49H28N2O3S. The van der Waals surface area contributed by atoms with E-state index in [4.69, 9.17) is 18.2 Å². The average Bonchev–Trinajstić information content (AvgIpc) is 4.02. The lowest BCUT2D eigenvalue weighted by molar-refractivity contribution is 0.622. The summed E-state index contributed by atoms with van der Waals surface area (Å²) < 4.78 is 21.9. The van der Waals surface area contributed by atoms with E-state index in [1.165, 1.54) is 20.2 Å². The predicted molar refractivity (Wildman–Crippen MR) is 227 cm³/mol. The summed E-state index contributed by atoms with van der Waals surface area (Å²) in [5.41, 5.74) is 10.9. The molecule has 8 aromatic carbocycles. The van der Waals surface area contributed by atoms with Crippen molar-refractivity contribution in [3.05, 3.63) is 170 Å². The second kappa shape index (κ2) is 11.7. The van der Waals surface area contributed by atoms with E-state index in [0.717, 1.165) is 88.7 Å². The Morgan fingerprint density at radius 2 is 1.07 bits per heavy atom. The van der Waals surface area contributed by atoms with Gasteiger partial charge in [0.1, 0.15) is 27.8 Å². The number of aromatic nitrogens is 1. The van der Waals surface area contributed by atoms with E-state index in [0.29, 0.717) is 5.89 Å². The van der Waals surface area contributed by atoms with E-state index >= 15 is 0 Å². The largest absolute Gasteiger partial charge is 0.456 e. The number of hydrogen-bond donors (Lipinski definition) is 0. The van der Waals surface area contributed by atoms with Crippen molar-refractivity contribution in [3.63, 3.8) is 0 Å². The van der Waals surface area contributed by atoms with Crippen molar-refractivity contribution < 1.29 is 13.3 Å². The molecule has 6 heteroatoms. The molecule has 12 rings (SSSR count). The van der Waals surface area contributed by atoms with Crippen molar-refractivity contribution >= 4 is 104 Å². The van der Waals surface area contributed by atoms with Crippen LogP contribution in [0.3, 0.4) is 0 Å². The first-order valence-corrected chi connectivity index (χ1v) is 19.1. The molecule has 55 heavy (non-hydrogen) atoms. The third-order valence-electron chi connectivity index (χ3n) is 10.7. The summed E-state index contributed by atoms with van der Waals surface area (Å²) in [5, 5.41) is 6.67. The summed E-state index contributed by atoms with van der Waals surface area (Å²) in [4.78, 5) is 7.32. The van der Waals surface area contributed by atoms with Crippen molar-refractivity contribution in [3.8, 4) is 22.6 Å². The third kappa shape index (κ3) is 4.68. The van der Waals surface area contributed by atoms with Gasteiger partial charge < -0.3 is 18.2 Å². The molecule has 4 heterocycles. The van der Waals surface area contributed by atoms with Gasteiger partial charge in [-0.1, -0.05) is 91.0 Å². The van der Waals surface area contributed by atoms with Crippen molar-refractivity contribution in [1.82, 2.24) is 4.98 Å². The Hall–Kier alpha value is -7.15. The maximum Gasteiger partial charge on any atom is 0.227 e. The number of nitrogens with zero attached hydrogens (tertiary/aromatic N) is 2. The maximum atomic E-state index is 6.61. The maximum absolute atomic E-state index is 6.61. The van der Waals surface area contributed by atoms with Crippen molar-refractivity contribution in [2.24, 2.45) is 0 Å². The molecule has 0 aliphatic rings.